The molecule has 2 unspecified atom stereocenters. The summed E-state index contributed by atoms with van der Waals surface area (Å²) >= 11 is 6.00. The van der Waals surface area contributed by atoms with Crippen molar-refractivity contribution in [3.8, 4) is 0 Å². The predicted octanol–water partition coefficient (Wildman–Crippen LogP) is 4.00. The van der Waals surface area contributed by atoms with Gasteiger partial charge in [0.2, 0.25) is 0 Å². The van der Waals surface area contributed by atoms with E-state index in [4.69, 9.17) is 11.6 Å². The average molecular weight is 311 g/mol. The topological polar surface area (TPSA) is 15.3 Å². The van der Waals surface area contributed by atoms with E-state index >= 15 is 0 Å². The van der Waals surface area contributed by atoms with Crippen molar-refractivity contribution in [2.24, 2.45) is 5.92 Å². The summed E-state index contributed by atoms with van der Waals surface area (Å²) in [7, 11) is 2.18. The maximum absolute atomic E-state index is 13.4. The lowest BCUT2D eigenvalue weighted by molar-refractivity contribution is 0.188. The van der Waals surface area contributed by atoms with E-state index in [0.29, 0.717) is 12.0 Å². The lowest BCUT2D eigenvalue weighted by Gasteiger charge is -2.33. The Morgan fingerprint density at radius 3 is 2.81 bits per heavy atom. The molecule has 2 nitrogen and oxygen atoms in total. The lowest BCUT2D eigenvalue weighted by Crippen LogP contribution is -2.35. The van der Waals surface area contributed by atoms with Gasteiger partial charge in [0.25, 0.3) is 0 Å². The highest BCUT2D eigenvalue weighted by Crippen LogP contribution is 2.36. The van der Waals surface area contributed by atoms with Gasteiger partial charge in [0.15, 0.2) is 0 Å². The summed E-state index contributed by atoms with van der Waals surface area (Å²) < 4.78 is 13.4. The maximum Gasteiger partial charge on any atom is 0.141 e. The van der Waals surface area contributed by atoms with E-state index in [1.165, 1.54) is 38.2 Å². The van der Waals surface area contributed by atoms with Crippen LogP contribution in [0.25, 0.3) is 0 Å². The lowest BCUT2D eigenvalue weighted by atomic mass is 9.89. The first-order valence-electron chi connectivity index (χ1n) is 8.03. The monoisotopic (exact) mass is 310 g/mol. The maximum atomic E-state index is 13.4. The minimum absolute atomic E-state index is 0.235. The highest BCUT2D eigenvalue weighted by Gasteiger charge is 2.31. The minimum Gasteiger partial charge on any atom is -0.314 e. The van der Waals surface area contributed by atoms with Gasteiger partial charge >= 0.3 is 0 Å². The molecule has 0 bridgehead atoms. The van der Waals surface area contributed by atoms with E-state index < -0.39 is 0 Å². The molecular formula is C17H24ClFN2. The van der Waals surface area contributed by atoms with Crippen molar-refractivity contribution in [2.45, 2.75) is 44.2 Å². The zero-order valence-corrected chi connectivity index (χ0v) is 13.4. The summed E-state index contributed by atoms with van der Waals surface area (Å²) in [6.45, 7) is 2.15. The van der Waals surface area contributed by atoms with Gasteiger partial charge in [-0.05, 0) is 62.9 Å². The summed E-state index contributed by atoms with van der Waals surface area (Å²) in [5, 5.41) is 3.90. The molecule has 4 heteroatoms. The van der Waals surface area contributed by atoms with Gasteiger partial charge in [-0.2, -0.15) is 0 Å². The van der Waals surface area contributed by atoms with Crippen LogP contribution in [0.3, 0.4) is 0 Å². The van der Waals surface area contributed by atoms with E-state index in [1.54, 1.807) is 0 Å². The first-order valence-corrected chi connectivity index (χ1v) is 8.41. The molecule has 1 saturated carbocycles. The van der Waals surface area contributed by atoms with Crippen molar-refractivity contribution >= 4 is 11.6 Å². The van der Waals surface area contributed by atoms with Crippen LogP contribution in [0, 0.1) is 11.7 Å². The molecule has 21 heavy (non-hydrogen) atoms. The molecule has 1 aliphatic heterocycles. The first kappa shape index (κ1) is 15.3. The number of benzene rings is 1. The highest BCUT2D eigenvalue weighted by atomic mass is 35.5. The molecule has 1 aromatic rings. The van der Waals surface area contributed by atoms with Crippen molar-refractivity contribution in [3.63, 3.8) is 0 Å². The van der Waals surface area contributed by atoms with Crippen molar-refractivity contribution in [3.05, 3.63) is 34.6 Å². The van der Waals surface area contributed by atoms with E-state index in [9.17, 15) is 4.39 Å². The number of rotatable bonds is 4. The van der Waals surface area contributed by atoms with Gasteiger partial charge < -0.3 is 5.32 Å². The van der Waals surface area contributed by atoms with Crippen LogP contribution >= 0.6 is 11.6 Å². The molecule has 2 aliphatic rings. The van der Waals surface area contributed by atoms with Crippen LogP contribution in [-0.2, 0) is 0 Å². The number of halogens is 2. The van der Waals surface area contributed by atoms with Crippen molar-refractivity contribution in [2.75, 3.05) is 20.1 Å². The van der Waals surface area contributed by atoms with Crippen molar-refractivity contribution in [1.29, 1.82) is 0 Å². The van der Waals surface area contributed by atoms with Gasteiger partial charge in [-0.3, -0.25) is 4.90 Å². The van der Waals surface area contributed by atoms with Gasteiger partial charge in [0.05, 0.1) is 5.02 Å². The second-order valence-corrected chi connectivity index (χ2v) is 6.94. The van der Waals surface area contributed by atoms with Gasteiger partial charge in [-0.15, -0.1) is 0 Å². The smallest absolute Gasteiger partial charge is 0.141 e. The second kappa shape index (κ2) is 6.64. The second-order valence-electron chi connectivity index (χ2n) is 6.54. The fourth-order valence-electron chi connectivity index (χ4n) is 3.47. The van der Waals surface area contributed by atoms with E-state index in [0.717, 1.165) is 24.7 Å². The van der Waals surface area contributed by atoms with Gasteiger partial charge in [-0.1, -0.05) is 24.1 Å². The van der Waals surface area contributed by atoms with Crippen molar-refractivity contribution in [1.82, 2.24) is 10.2 Å². The first-order chi connectivity index (χ1) is 10.1. The third kappa shape index (κ3) is 3.77. The van der Waals surface area contributed by atoms with Gasteiger partial charge in [0.1, 0.15) is 5.82 Å². The molecule has 2 atom stereocenters. The van der Waals surface area contributed by atoms with Crippen LogP contribution in [0.1, 0.15) is 43.7 Å². The van der Waals surface area contributed by atoms with Crippen LogP contribution in [0.5, 0.6) is 0 Å². The highest BCUT2D eigenvalue weighted by molar-refractivity contribution is 6.30. The van der Waals surface area contributed by atoms with Crippen LogP contribution < -0.4 is 5.32 Å². The number of hydrogen-bond donors (Lipinski definition) is 1. The number of nitrogens with zero attached hydrogens (tertiary/aromatic N) is 1. The molecule has 2 fully saturated rings. The Hall–Kier alpha value is -0.640. The summed E-state index contributed by atoms with van der Waals surface area (Å²) in [5.74, 6) is 0.240. The Morgan fingerprint density at radius 1 is 1.29 bits per heavy atom. The Morgan fingerprint density at radius 2 is 2.10 bits per heavy atom. The SMILES string of the molecule is CN1CCCCC(CNC2CC2)C1c1ccc(F)c(Cl)c1. The zero-order valence-electron chi connectivity index (χ0n) is 12.6. The standard InChI is InChI=1S/C17H24ClFN2/c1-21-9-3-2-4-13(11-20-14-6-7-14)17(21)12-5-8-16(19)15(18)10-12/h5,8,10,13-14,17,20H,2-4,6-7,9,11H2,1H3. The molecule has 1 saturated heterocycles. The van der Waals surface area contributed by atoms with Crippen LogP contribution in [-0.4, -0.2) is 31.1 Å². The largest absolute Gasteiger partial charge is 0.314 e. The third-order valence-electron chi connectivity index (χ3n) is 4.79. The Labute approximate surface area is 131 Å². The molecule has 1 heterocycles. The normalized spacial score (nSPS) is 27.6. The zero-order chi connectivity index (χ0) is 14.8. The number of likely N-dealkylation sites (tertiary alicyclic amines) is 1. The Balaban J connectivity index is 1.81. The Bertz CT molecular complexity index is 490. The molecule has 0 amide bonds. The molecule has 0 spiro atoms. The van der Waals surface area contributed by atoms with Crippen LogP contribution in [0.15, 0.2) is 18.2 Å². The minimum atomic E-state index is -0.329. The molecule has 1 aliphatic carbocycles. The van der Waals surface area contributed by atoms with Gasteiger partial charge in [-0.25, -0.2) is 4.39 Å². The third-order valence-corrected chi connectivity index (χ3v) is 5.08. The quantitative estimate of drug-likeness (QED) is 0.904. The van der Waals surface area contributed by atoms with E-state index in [1.807, 2.05) is 12.1 Å². The summed E-state index contributed by atoms with van der Waals surface area (Å²) in [6.07, 6.45) is 6.36. The fraction of sp³-hybridized carbons (Fsp3) is 0.647. The molecule has 116 valence electrons. The summed E-state index contributed by atoms with van der Waals surface area (Å²) in [6, 6.07) is 6.28. The molecule has 0 aromatic heterocycles. The van der Waals surface area contributed by atoms with E-state index in [-0.39, 0.29) is 10.8 Å². The predicted molar refractivity (Wildman–Crippen MR) is 85.1 cm³/mol. The Kier molecular flexibility index (Phi) is 4.82. The van der Waals surface area contributed by atoms with Gasteiger partial charge in [0, 0.05) is 18.6 Å². The average Bonchev–Trinajstić information content (AvgIpc) is 3.28. The molecule has 3 rings (SSSR count). The number of nitrogens with one attached hydrogen (secondary N) is 1. The summed E-state index contributed by atoms with van der Waals surface area (Å²) in [5.41, 5.74) is 1.15. The number of hydrogen-bond acceptors (Lipinski definition) is 2. The molecule has 1 aromatic carbocycles. The van der Waals surface area contributed by atoms with Crippen molar-refractivity contribution < 1.29 is 4.39 Å². The molecular weight excluding hydrogens is 287 g/mol. The van der Waals surface area contributed by atoms with Crippen LogP contribution in [0.2, 0.25) is 5.02 Å². The molecule has 1 N–H and O–H groups in total. The van der Waals surface area contributed by atoms with Crippen LogP contribution in [0.4, 0.5) is 4.39 Å². The molecule has 0 radical (unpaired) electrons. The summed E-state index contributed by atoms with van der Waals surface area (Å²) in [4.78, 5) is 2.41. The fourth-order valence-corrected chi connectivity index (χ4v) is 3.66. The van der Waals surface area contributed by atoms with E-state index in [2.05, 4.69) is 17.3 Å².